The number of ether oxygens (including phenoxy) is 1. The second kappa shape index (κ2) is 5.31. The normalized spacial score (nSPS) is 12.3. The van der Waals surface area contributed by atoms with Crippen LogP contribution in [0.25, 0.3) is 10.8 Å². The summed E-state index contributed by atoms with van der Waals surface area (Å²) in [5, 5.41) is 2.36. The van der Waals surface area contributed by atoms with Crippen molar-refractivity contribution in [2.24, 2.45) is 5.73 Å². The summed E-state index contributed by atoms with van der Waals surface area (Å²) in [5.74, 6) is 1.52. The Morgan fingerprint density at radius 2 is 1.70 bits per heavy atom. The Morgan fingerprint density at radius 3 is 2.40 bits per heavy atom. The van der Waals surface area contributed by atoms with Gasteiger partial charge in [0.2, 0.25) is 0 Å². The van der Waals surface area contributed by atoms with Gasteiger partial charge in [-0.2, -0.15) is 0 Å². The topological polar surface area (TPSA) is 48.1 Å². The minimum atomic E-state index is -0.0651. The van der Waals surface area contributed by atoms with Crippen molar-refractivity contribution < 1.29 is 4.74 Å². The highest BCUT2D eigenvalue weighted by Crippen LogP contribution is 2.25. The van der Waals surface area contributed by atoms with Crippen LogP contribution in [0.3, 0.4) is 0 Å². The molecule has 2 N–H and O–H groups in total. The van der Waals surface area contributed by atoms with E-state index in [-0.39, 0.29) is 6.04 Å². The van der Waals surface area contributed by atoms with Crippen molar-refractivity contribution in [3.63, 3.8) is 0 Å². The summed E-state index contributed by atoms with van der Waals surface area (Å²) in [4.78, 5) is 4.29. The third-order valence-corrected chi connectivity index (χ3v) is 3.18. The predicted octanol–water partition coefficient (Wildman–Crippen LogP) is 4.05. The van der Waals surface area contributed by atoms with E-state index in [2.05, 4.69) is 23.2 Å². The summed E-state index contributed by atoms with van der Waals surface area (Å²) in [6.07, 6.45) is 1.70. The Kier molecular flexibility index (Phi) is 3.35. The molecule has 0 aliphatic carbocycles. The van der Waals surface area contributed by atoms with Crippen LogP contribution in [0.1, 0.15) is 18.7 Å². The summed E-state index contributed by atoms with van der Waals surface area (Å²) in [7, 11) is 0. The van der Waals surface area contributed by atoms with E-state index < -0.39 is 0 Å². The van der Waals surface area contributed by atoms with Crippen molar-refractivity contribution in [2.75, 3.05) is 0 Å². The molecule has 3 aromatic rings. The lowest BCUT2D eigenvalue weighted by Crippen LogP contribution is -2.06. The van der Waals surface area contributed by atoms with E-state index in [0.29, 0.717) is 5.75 Å². The Balaban J connectivity index is 1.85. The monoisotopic (exact) mass is 264 g/mol. The van der Waals surface area contributed by atoms with Crippen molar-refractivity contribution in [1.82, 2.24) is 4.98 Å². The lowest BCUT2D eigenvalue weighted by molar-refractivity contribution is 0.480. The van der Waals surface area contributed by atoms with Crippen LogP contribution >= 0.6 is 0 Å². The molecular formula is C17H16N2O. The standard InChI is InChI=1S/C17H16N2O/c1-12(18)17-9-8-16(11-19-17)20-15-7-6-13-4-2-3-5-14(13)10-15/h2-12H,18H2,1H3. The quantitative estimate of drug-likeness (QED) is 0.776. The fraction of sp³-hybridized carbons (Fsp3) is 0.118. The first-order valence-electron chi connectivity index (χ1n) is 6.60. The Labute approximate surface area is 118 Å². The molecule has 1 aromatic heterocycles. The van der Waals surface area contributed by atoms with Crippen LogP contribution in [0, 0.1) is 0 Å². The second-order valence-corrected chi connectivity index (χ2v) is 4.82. The molecule has 0 aliphatic rings. The van der Waals surface area contributed by atoms with Gasteiger partial charge in [-0.15, -0.1) is 0 Å². The molecule has 0 saturated carbocycles. The van der Waals surface area contributed by atoms with Crippen LogP contribution in [0.5, 0.6) is 11.5 Å². The number of fused-ring (bicyclic) bond motifs is 1. The van der Waals surface area contributed by atoms with Gasteiger partial charge in [0.15, 0.2) is 0 Å². The average molecular weight is 264 g/mol. The summed E-state index contributed by atoms with van der Waals surface area (Å²) in [5.41, 5.74) is 6.63. The summed E-state index contributed by atoms with van der Waals surface area (Å²) >= 11 is 0. The maximum atomic E-state index is 5.82. The molecule has 0 spiro atoms. The van der Waals surface area contributed by atoms with E-state index in [1.807, 2.05) is 43.3 Å². The largest absolute Gasteiger partial charge is 0.456 e. The Morgan fingerprint density at radius 1 is 0.950 bits per heavy atom. The van der Waals surface area contributed by atoms with E-state index >= 15 is 0 Å². The minimum Gasteiger partial charge on any atom is -0.456 e. The van der Waals surface area contributed by atoms with Gasteiger partial charge in [0, 0.05) is 6.04 Å². The number of rotatable bonds is 3. The molecule has 0 fully saturated rings. The highest BCUT2D eigenvalue weighted by molar-refractivity contribution is 5.83. The maximum Gasteiger partial charge on any atom is 0.145 e. The van der Waals surface area contributed by atoms with Gasteiger partial charge in [0.05, 0.1) is 11.9 Å². The Hall–Kier alpha value is -2.39. The van der Waals surface area contributed by atoms with Crippen LogP contribution in [0.4, 0.5) is 0 Å². The van der Waals surface area contributed by atoms with E-state index in [1.165, 1.54) is 5.39 Å². The summed E-state index contributed by atoms with van der Waals surface area (Å²) in [6, 6.07) is 17.9. The first kappa shape index (κ1) is 12.6. The molecule has 3 heteroatoms. The number of hydrogen-bond donors (Lipinski definition) is 1. The van der Waals surface area contributed by atoms with Gasteiger partial charge in [-0.05, 0) is 42.0 Å². The van der Waals surface area contributed by atoms with Gasteiger partial charge in [0.25, 0.3) is 0 Å². The summed E-state index contributed by atoms with van der Waals surface area (Å²) in [6.45, 7) is 1.91. The van der Waals surface area contributed by atoms with Gasteiger partial charge < -0.3 is 10.5 Å². The smallest absolute Gasteiger partial charge is 0.145 e. The molecule has 0 amide bonds. The third kappa shape index (κ3) is 2.63. The minimum absolute atomic E-state index is 0.0651. The van der Waals surface area contributed by atoms with Crippen LogP contribution in [0.2, 0.25) is 0 Å². The van der Waals surface area contributed by atoms with Gasteiger partial charge in [-0.3, -0.25) is 4.98 Å². The number of hydrogen-bond acceptors (Lipinski definition) is 3. The number of nitrogens with two attached hydrogens (primary N) is 1. The second-order valence-electron chi connectivity index (χ2n) is 4.82. The van der Waals surface area contributed by atoms with Gasteiger partial charge in [0.1, 0.15) is 11.5 Å². The molecule has 0 aliphatic heterocycles. The SMILES string of the molecule is CC(N)c1ccc(Oc2ccc3ccccc3c2)cn1. The highest BCUT2D eigenvalue weighted by atomic mass is 16.5. The van der Waals surface area contributed by atoms with Crippen molar-refractivity contribution in [2.45, 2.75) is 13.0 Å². The first-order chi connectivity index (χ1) is 9.72. The molecule has 0 bridgehead atoms. The number of aromatic nitrogens is 1. The van der Waals surface area contributed by atoms with Crippen molar-refractivity contribution in [3.05, 3.63) is 66.5 Å². The molecular weight excluding hydrogens is 248 g/mol. The average Bonchev–Trinajstić information content (AvgIpc) is 2.48. The first-order valence-corrected chi connectivity index (χ1v) is 6.60. The molecule has 20 heavy (non-hydrogen) atoms. The van der Waals surface area contributed by atoms with Crippen LogP contribution < -0.4 is 10.5 Å². The van der Waals surface area contributed by atoms with E-state index in [1.54, 1.807) is 6.20 Å². The zero-order valence-electron chi connectivity index (χ0n) is 11.3. The van der Waals surface area contributed by atoms with Crippen molar-refractivity contribution in [3.8, 4) is 11.5 Å². The number of benzene rings is 2. The maximum absolute atomic E-state index is 5.82. The molecule has 1 atom stereocenters. The molecule has 3 nitrogen and oxygen atoms in total. The Bertz CT molecular complexity index is 720. The molecule has 100 valence electrons. The van der Waals surface area contributed by atoms with Crippen molar-refractivity contribution >= 4 is 10.8 Å². The van der Waals surface area contributed by atoms with E-state index in [9.17, 15) is 0 Å². The fourth-order valence-electron chi connectivity index (χ4n) is 2.09. The molecule has 3 rings (SSSR count). The molecule has 0 radical (unpaired) electrons. The molecule has 2 aromatic carbocycles. The van der Waals surface area contributed by atoms with Gasteiger partial charge >= 0.3 is 0 Å². The predicted molar refractivity (Wildman–Crippen MR) is 80.9 cm³/mol. The van der Waals surface area contributed by atoms with Crippen LogP contribution in [-0.2, 0) is 0 Å². The zero-order valence-corrected chi connectivity index (χ0v) is 11.3. The molecule has 1 unspecified atom stereocenters. The van der Waals surface area contributed by atoms with Crippen LogP contribution in [0.15, 0.2) is 60.8 Å². The zero-order chi connectivity index (χ0) is 13.9. The number of nitrogens with zero attached hydrogens (tertiary/aromatic N) is 1. The van der Waals surface area contributed by atoms with Crippen LogP contribution in [-0.4, -0.2) is 4.98 Å². The highest BCUT2D eigenvalue weighted by Gasteiger charge is 2.03. The van der Waals surface area contributed by atoms with E-state index in [0.717, 1.165) is 16.8 Å². The molecule has 1 heterocycles. The molecule has 0 saturated heterocycles. The fourth-order valence-corrected chi connectivity index (χ4v) is 2.09. The van der Waals surface area contributed by atoms with Crippen molar-refractivity contribution in [1.29, 1.82) is 0 Å². The lowest BCUT2D eigenvalue weighted by Gasteiger charge is -2.08. The van der Waals surface area contributed by atoms with Gasteiger partial charge in [-0.1, -0.05) is 30.3 Å². The van der Waals surface area contributed by atoms with Gasteiger partial charge in [-0.25, -0.2) is 0 Å². The van der Waals surface area contributed by atoms with E-state index in [4.69, 9.17) is 10.5 Å². The lowest BCUT2D eigenvalue weighted by atomic mass is 10.1. The number of pyridine rings is 1. The third-order valence-electron chi connectivity index (χ3n) is 3.18. The summed E-state index contributed by atoms with van der Waals surface area (Å²) < 4.78 is 5.82.